The molecule has 0 saturated heterocycles. The van der Waals surface area contributed by atoms with E-state index in [1.807, 2.05) is 36.2 Å². The third-order valence-electron chi connectivity index (χ3n) is 2.93. The van der Waals surface area contributed by atoms with Crippen LogP contribution in [-0.4, -0.2) is 20.2 Å². The van der Waals surface area contributed by atoms with Crippen LogP contribution in [0.2, 0.25) is 10.0 Å². The molecule has 0 unspecified atom stereocenters. The zero-order valence-corrected chi connectivity index (χ0v) is 12.7. The van der Waals surface area contributed by atoms with E-state index in [-0.39, 0.29) is 0 Å². The second-order valence-corrected chi connectivity index (χ2v) is 5.22. The number of nitrogens with zero attached hydrogens (tertiary/aromatic N) is 1. The van der Waals surface area contributed by atoms with Gasteiger partial charge < -0.3 is 15.4 Å². The minimum atomic E-state index is 0.491. The Kier molecular flexibility index (Phi) is 4.99. The third-order valence-corrected chi connectivity index (χ3v) is 3.67. The molecule has 0 spiro atoms. The SMILES string of the molecule is CN(CCOc1ccc(Cl)c(Cl)c1)c1ccccc1N. The Morgan fingerprint density at radius 2 is 1.85 bits per heavy atom. The number of benzene rings is 2. The monoisotopic (exact) mass is 310 g/mol. The molecule has 5 heteroatoms. The summed E-state index contributed by atoms with van der Waals surface area (Å²) < 4.78 is 5.65. The van der Waals surface area contributed by atoms with Gasteiger partial charge in [-0.1, -0.05) is 35.3 Å². The van der Waals surface area contributed by atoms with Crippen LogP contribution in [0.3, 0.4) is 0 Å². The molecule has 0 aliphatic rings. The van der Waals surface area contributed by atoms with Gasteiger partial charge in [0.1, 0.15) is 12.4 Å². The molecule has 0 aliphatic heterocycles. The maximum atomic E-state index is 5.93. The van der Waals surface area contributed by atoms with Crippen molar-refractivity contribution in [2.24, 2.45) is 0 Å². The minimum Gasteiger partial charge on any atom is -0.492 e. The van der Waals surface area contributed by atoms with Crippen molar-refractivity contribution in [1.29, 1.82) is 0 Å². The van der Waals surface area contributed by atoms with E-state index in [9.17, 15) is 0 Å². The highest BCUT2D eigenvalue weighted by Gasteiger charge is 2.05. The number of anilines is 2. The van der Waals surface area contributed by atoms with Gasteiger partial charge in [-0.25, -0.2) is 0 Å². The van der Waals surface area contributed by atoms with Crippen LogP contribution in [0.4, 0.5) is 11.4 Å². The normalized spacial score (nSPS) is 10.3. The molecule has 106 valence electrons. The summed E-state index contributed by atoms with van der Waals surface area (Å²) in [6.45, 7) is 1.25. The number of para-hydroxylation sites is 2. The maximum Gasteiger partial charge on any atom is 0.120 e. The molecule has 2 aromatic rings. The molecule has 2 aromatic carbocycles. The number of nitrogen functional groups attached to an aromatic ring is 1. The molecule has 20 heavy (non-hydrogen) atoms. The predicted molar refractivity (Wildman–Crippen MR) is 86.1 cm³/mol. The summed E-state index contributed by atoms with van der Waals surface area (Å²) in [7, 11) is 1.98. The summed E-state index contributed by atoms with van der Waals surface area (Å²) in [5.74, 6) is 0.703. The quantitative estimate of drug-likeness (QED) is 0.845. The first-order valence-electron chi connectivity index (χ1n) is 6.21. The molecule has 0 heterocycles. The molecule has 0 fully saturated rings. The van der Waals surface area contributed by atoms with Gasteiger partial charge in [0.2, 0.25) is 0 Å². The van der Waals surface area contributed by atoms with Gasteiger partial charge in [-0.15, -0.1) is 0 Å². The highest BCUT2D eigenvalue weighted by atomic mass is 35.5. The fraction of sp³-hybridized carbons (Fsp3) is 0.200. The molecule has 2 N–H and O–H groups in total. The molecular weight excluding hydrogens is 295 g/mol. The minimum absolute atomic E-state index is 0.491. The van der Waals surface area contributed by atoms with Crippen molar-refractivity contribution in [1.82, 2.24) is 0 Å². The number of nitrogens with two attached hydrogens (primary N) is 1. The Hall–Kier alpha value is -1.58. The van der Waals surface area contributed by atoms with Crippen LogP contribution < -0.4 is 15.4 Å². The summed E-state index contributed by atoms with van der Waals surface area (Å²) in [6.07, 6.45) is 0. The van der Waals surface area contributed by atoms with Crippen molar-refractivity contribution >= 4 is 34.6 Å². The standard InChI is InChI=1S/C15H16Cl2N2O/c1-19(15-5-3-2-4-14(15)18)8-9-20-11-6-7-12(16)13(17)10-11/h2-7,10H,8-9,18H2,1H3. The second-order valence-electron chi connectivity index (χ2n) is 4.40. The number of likely N-dealkylation sites (N-methyl/N-ethyl adjacent to an activating group) is 1. The number of halogens is 2. The topological polar surface area (TPSA) is 38.5 Å². The van der Waals surface area contributed by atoms with Gasteiger partial charge in [-0.2, -0.15) is 0 Å². The van der Waals surface area contributed by atoms with Gasteiger partial charge >= 0.3 is 0 Å². The lowest BCUT2D eigenvalue weighted by Gasteiger charge is -2.21. The van der Waals surface area contributed by atoms with Gasteiger partial charge in [-0.3, -0.25) is 0 Å². The lowest BCUT2D eigenvalue weighted by atomic mass is 10.2. The maximum absolute atomic E-state index is 5.93. The zero-order valence-electron chi connectivity index (χ0n) is 11.1. The van der Waals surface area contributed by atoms with E-state index in [0.29, 0.717) is 28.9 Å². The summed E-state index contributed by atoms with van der Waals surface area (Å²) in [6, 6.07) is 13.0. The molecule has 0 aliphatic carbocycles. The van der Waals surface area contributed by atoms with Crippen molar-refractivity contribution in [2.45, 2.75) is 0 Å². The van der Waals surface area contributed by atoms with Crippen molar-refractivity contribution < 1.29 is 4.74 Å². The van der Waals surface area contributed by atoms with E-state index in [1.54, 1.807) is 18.2 Å². The highest BCUT2D eigenvalue weighted by Crippen LogP contribution is 2.26. The second kappa shape index (κ2) is 6.73. The van der Waals surface area contributed by atoms with Crippen LogP contribution in [0, 0.1) is 0 Å². The largest absolute Gasteiger partial charge is 0.492 e. The van der Waals surface area contributed by atoms with Gasteiger partial charge in [0.05, 0.1) is 28.0 Å². The van der Waals surface area contributed by atoms with E-state index < -0.39 is 0 Å². The Balaban J connectivity index is 1.89. The fourth-order valence-corrected chi connectivity index (χ4v) is 2.11. The van der Waals surface area contributed by atoms with Gasteiger partial charge in [0, 0.05) is 13.1 Å². The molecule has 2 rings (SSSR count). The predicted octanol–water partition coefficient (Wildman–Crippen LogP) is 4.09. The fourth-order valence-electron chi connectivity index (χ4n) is 1.82. The Bertz CT molecular complexity index is 590. The molecule has 0 atom stereocenters. The summed E-state index contributed by atoms with van der Waals surface area (Å²) in [4.78, 5) is 2.05. The highest BCUT2D eigenvalue weighted by molar-refractivity contribution is 6.42. The van der Waals surface area contributed by atoms with Crippen molar-refractivity contribution in [3.05, 3.63) is 52.5 Å². The number of ether oxygens (including phenoxy) is 1. The smallest absolute Gasteiger partial charge is 0.120 e. The number of hydrogen-bond donors (Lipinski definition) is 1. The first-order chi connectivity index (χ1) is 9.58. The van der Waals surface area contributed by atoms with Crippen LogP contribution in [0.25, 0.3) is 0 Å². The van der Waals surface area contributed by atoms with Crippen LogP contribution in [0.15, 0.2) is 42.5 Å². The van der Waals surface area contributed by atoms with E-state index in [4.69, 9.17) is 33.7 Å². The Morgan fingerprint density at radius 3 is 2.55 bits per heavy atom. The van der Waals surface area contributed by atoms with Crippen molar-refractivity contribution in [3.63, 3.8) is 0 Å². The number of rotatable bonds is 5. The molecule has 0 bridgehead atoms. The third kappa shape index (κ3) is 3.71. The molecular formula is C15H16Cl2N2O. The average Bonchev–Trinajstić information content (AvgIpc) is 2.43. The lowest BCUT2D eigenvalue weighted by Crippen LogP contribution is -2.24. The van der Waals surface area contributed by atoms with Gasteiger partial charge in [-0.05, 0) is 24.3 Å². The molecule has 0 radical (unpaired) electrons. The van der Waals surface area contributed by atoms with Crippen LogP contribution in [-0.2, 0) is 0 Å². The van der Waals surface area contributed by atoms with Gasteiger partial charge in [0.15, 0.2) is 0 Å². The summed E-state index contributed by atoms with van der Waals surface area (Å²) >= 11 is 11.8. The molecule has 0 aromatic heterocycles. The first kappa shape index (κ1) is 14.8. The van der Waals surface area contributed by atoms with Crippen LogP contribution >= 0.6 is 23.2 Å². The first-order valence-corrected chi connectivity index (χ1v) is 6.97. The summed E-state index contributed by atoms with van der Waals surface area (Å²) in [5, 5.41) is 1.01. The van der Waals surface area contributed by atoms with Crippen molar-refractivity contribution in [3.8, 4) is 5.75 Å². The van der Waals surface area contributed by atoms with Gasteiger partial charge in [0.25, 0.3) is 0 Å². The molecule has 3 nitrogen and oxygen atoms in total. The summed E-state index contributed by atoms with van der Waals surface area (Å²) in [5.41, 5.74) is 7.67. The van der Waals surface area contributed by atoms with Crippen LogP contribution in [0.1, 0.15) is 0 Å². The van der Waals surface area contributed by atoms with Crippen LogP contribution in [0.5, 0.6) is 5.75 Å². The van der Waals surface area contributed by atoms with E-state index in [1.165, 1.54) is 0 Å². The molecule has 0 amide bonds. The van der Waals surface area contributed by atoms with Crippen molar-refractivity contribution in [2.75, 3.05) is 30.8 Å². The average molecular weight is 311 g/mol. The van der Waals surface area contributed by atoms with E-state index in [0.717, 1.165) is 11.4 Å². The number of hydrogen-bond acceptors (Lipinski definition) is 3. The Labute approximate surface area is 128 Å². The van der Waals surface area contributed by atoms with E-state index >= 15 is 0 Å². The van der Waals surface area contributed by atoms with E-state index in [2.05, 4.69) is 0 Å². The molecule has 0 saturated carbocycles. The zero-order chi connectivity index (χ0) is 14.5. The Morgan fingerprint density at radius 1 is 1.10 bits per heavy atom. The lowest BCUT2D eigenvalue weighted by molar-refractivity contribution is 0.326.